The number of carbonyl (C=O) groups excluding carboxylic acids is 2. The van der Waals surface area contributed by atoms with Gasteiger partial charge in [0.05, 0.1) is 36.1 Å². The lowest BCUT2D eigenvalue weighted by atomic mass is 10.2. The van der Waals surface area contributed by atoms with Gasteiger partial charge < -0.3 is 30.4 Å². The van der Waals surface area contributed by atoms with Gasteiger partial charge in [0.15, 0.2) is 11.6 Å². The SMILES string of the molecule is COc1ccc2c(Oc3ccc(NC(=O)c4c(C)n(CC(C)OC(=O)C(C)N)n(-c5ccccc5)c4=O)cc3F)ccnc2c1.O=C(O)c1ccccc1. The number of hydrogen-bond acceptors (Lipinski definition) is 9. The summed E-state index contributed by atoms with van der Waals surface area (Å²) >= 11 is 0. The average Bonchev–Trinajstić information content (AvgIpc) is 3.41. The van der Waals surface area contributed by atoms with Crippen molar-refractivity contribution in [1.82, 2.24) is 14.3 Å². The summed E-state index contributed by atoms with van der Waals surface area (Å²) in [5, 5.41) is 11.7. The van der Waals surface area contributed by atoms with Gasteiger partial charge in [-0.15, -0.1) is 0 Å². The maximum Gasteiger partial charge on any atom is 0.335 e. The minimum Gasteiger partial charge on any atom is -0.497 e. The van der Waals surface area contributed by atoms with Crippen molar-refractivity contribution in [2.45, 2.75) is 39.5 Å². The number of para-hydroxylation sites is 1. The highest BCUT2D eigenvalue weighted by Crippen LogP contribution is 2.33. The van der Waals surface area contributed by atoms with Crippen molar-refractivity contribution < 1.29 is 38.1 Å². The van der Waals surface area contributed by atoms with Crippen LogP contribution in [0.25, 0.3) is 16.6 Å². The van der Waals surface area contributed by atoms with Crippen LogP contribution in [0.1, 0.15) is 40.3 Å². The van der Waals surface area contributed by atoms with E-state index in [4.69, 9.17) is 25.1 Å². The van der Waals surface area contributed by atoms with Crippen LogP contribution in [0.5, 0.6) is 17.2 Å². The predicted octanol–water partition coefficient (Wildman–Crippen LogP) is 6.35. The zero-order valence-electron chi connectivity index (χ0n) is 29.9. The largest absolute Gasteiger partial charge is 0.497 e. The number of carbonyl (C=O) groups is 3. The van der Waals surface area contributed by atoms with E-state index in [1.165, 1.54) is 23.7 Å². The van der Waals surface area contributed by atoms with Gasteiger partial charge in [-0.25, -0.2) is 13.9 Å². The summed E-state index contributed by atoms with van der Waals surface area (Å²) in [5.74, 6) is -1.99. The monoisotopic (exact) mass is 735 g/mol. The predicted molar refractivity (Wildman–Crippen MR) is 200 cm³/mol. The molecule has 4 aromatic carbocycles. The van der Waals surface area contributed by atoms with Crippen molar-refractivity contribution in [3.8, 4) is 22.9 Å². The Hall–Kier alpha value is -6.80. The van der Waals surface area contributed by atoms with Crippen LogP contribution >= 0.6 is 0 Å². The number of halogens is 1. The molecule has 0 aliphatic rings. The van der Waals surface area contributed by atoms with Gasteiger partial charge in [0, 0.05) is 29.4 Å². The topological polar surface area (TPSA) is 177 Å². The zero-order chi connectivity index (χ0) is 38.9. The third kappa shape index (κ3) is 8.97. The van der Waals surface area contributed by atoms with Gasteiger partial charge in [0.1, 0.15) is 29.2 Å². The summed E-state index contributed by atoms with van der Waals surface area (Å²) in [6.45, 7) is 4.86. The molecule has 2 aromatic heterocycles. The molecule has 0 radical (unpaired) electrons. The Balaban J connectivity index is 0.000000546. The Morgan fingerprint density at radius 3 is 2.22 bits per heavy atom. The number of methoxy groups -OCH3 is 1. The van der Waals surface area contributed by atoms with Crippen molar-refractivity contribution >= 4 is 34.4 Å². The van der Waals surface area contributed by atoms with Crippen LogP contribution in [0.4, 0.5) is 10.1 Å². The molecule has 2 atom stereocenters. The molecule has 278 valence electrons. The first-order chi connectivity index (χ1) is 25.9. The number of fused-ring (bicyclic) bond motifs is 1. The first kappa shape index (κ1) is 38.4. The molecule has 14 heteroatoms. The third-order valence-corrected chi connectivity index (χ3v) is 8.08. The van der Waals surface area contributed by atoms with Crippen LogP contribution in [-0.4, -0.2) is 56.6 Å². The number of nitrogens with one attached hydrogen (secondary N) is 1. The van der Waals surface area contributed by atoms with Crippen LogP contribution in [0.2, 0.25) is 0 Å². The maximum absolute atomic E-state index is 15.2. The molecule has 54 heavy (non-hydrogen) atoms. The summed E-state index contributed by atoms with van der Waals surface area (Å²) in [5.41, 5.74) is 6.78. The van der Waals surface area contributed by atoms with E-state index >= 15 is 4.39 Å². The van der Waals surface area contributed by atoms with E-state index in [0.29, 0.717) is 39.3 Å². The Morgan fingerprint density at radius 1 is 0.926 bits per heavy atom. The maximum atomic E-state index is 15.2. The van der Waals surface area contributed by atoms with E-state index in [0.717, 1.165) is 6.07 Å². The smallest absolute Gasteiger partial charge is 0.335 e. The highest BCUT2D eigenvalue weighted by atomic mass is 19.1. The molecule has 4 N–H and O–H groups in total. The number of ether oxygens (including phenoxy) is 3. The van der Waals surface area contributed by atoms with Crippen molar-refractivity contribution in [2.75, 3.05) is 12.4 Å². The van der Waals surface area contributed by atoms with E-state index in [1.54, 1.807) is 117 Å². The second-order valence-corrected chi connectivity index (χ2v) is 12.1. The number of anilines is 1. The van der Waals surface area contributed by atoms with E-state index in [9.17, 15) is 19.2 Å². The number of rotatable bonds is 11. The number of amides is 1. The second-order valence-electron chi connectivity index (χ2n) is 12.1. The van der Waals surface area contributed by atoms with Gasteiger partial charge in [-0.3, -0.25) is 24.0 Å². The fourth-order valence-corrected chi connectivity index (χ4v) is 5.41. The van der Waals surface area contributed by atoms with E-state index in [-0.39, 0.29) is 23.5 Å². The van der Waals surface area contributed by atoms with Crippen LogP contribution in [0, 0.1) is 12.7 Å². The molecule has 0 aliphatic carbocycles. The van der Waals surface area contributed by atoms with Crippen LogP contribution < -0.4 is 26.1 Å². The molecule has 13 nitrogen and oxygen atoms in total. The molecular weight excluding hydrogens is 697 g/mol. The first-order valence-electron chi connectivity index (χ1n) is 16.7. The van der Waals surface area contributed by atoms with Crippen molar-refractivity contribution in [2.24, 2.45) is 5.73 Å². The highest BCUT2D eigenvalue weighted by Gasteiger charge is 2.26. The number of aromatic nitrogens is 3. The number of pyridine rings is 1. The number of hydrogen-bond donors (Lipinski definition) is 3. The Kier molecular flexibility index (Phi) is 12.2. The van der Waals surface area contributed by atoms with Gasteiger partial charge in [-0.2, -0.15) is 0 Å². The summed E-state index contributed by atoms with van der Waals surface area (Å²) in [4.78, 5) is 53.7. The number of esters is 1. The minimum atomic E-state index is -0.879. The van der Waals surface area contributed by atoms with E-state index in [2.05, 4.69) is 10.3 Å². The molecule has 0 fully saturated rings. The van der Waals surface area contributed by atoms with Crippen LogP contribution in [-0.2, 0) is 16.1 Å². The first-order valence-corrected chi connectivity index (χ1v) is 16.7. The normalized spacial score (nSPS) is 11.8. The number of carboxylic acid groups (broad SMARTS) is 1. The Morgan fingerprint density at radius 2 is 1.61 bits per heavy atom. The molecule has 0 saturated heterocycles. The highest BCUT2D eigenvalue weighted by molar-refractivity contribution is 6.05. The average molecular weight is 736 g/mol. The van der Waals surface area contributed by atoms with Crippen molar-refractivity contribution in [1.29, 1.82) is 0 Å². The molecule has 0 aliphatic heterocycles. The lowest BCUT2D eigenvalue weighted by Gasteiger charge is -2.19. The summed E-state index contributed by atoms with van der Waals surface area (Å²) in [6, 6.07) is 27.1. The molecular formula is C40H38FN5O8. The lowest BCUT2D eigenvalue weighted by molar-refractivity contribution is -0.150. The van der Waals surface area contributed by atoms with Crippen LogP contribution in [0.15, 0.2) is 114 Å². The fraction of sp³-hybridized carbons (Fsp3) is 0.175. The standard InChI is InChI=1S/C33H32FN5O6.C7H6O2/c1-19(44-33(42)20(2)35)18-38-21(3)30(32(41)39(38)23-8-6-5-7-9-23)31(40)37-22-10-13-29(26(34)16-22)45-28-14-15-36-27-17-24(43-4)11-12-25(27)28;8-7(9)6-4-2-1-3-5-6/h5-17,19-20H,18,35H2,1-4H3,(H,37,40);1-5H,(H,8,9). The van der Waals surface area contributed by atoms with Gasteiger partial charge in [-0.05, 0) is 75.4 Å². The molecule has 0 spiro atoms. The quantitative estimate of drug-likeness (QED) is 0.127. The van der Waals surface area contributed by atoms with Gasteiger partial charge in [0.25, 0.3) is 11.5 Å². The van der Waals surface area contributed by atoms with Crippen LogP contribution in [0.3, 0.4) is 0 Å². The zero-order valence-corrected chi connectivity index (χ0v) is 29.9. The van der Waals surface area contributed by atoms with E-state index < -0.39 is 41.4 Å². The Labute approximate surface area is 309 Å². The fourth-order valence-electron chi connectivity index (χ4n) is 5.41. The third-order valence-electron chi connectivity index (χ3n) is 8.08. The number of nitrogens with zero attached hydrogens (tertiary/aromatic N) is 3. The van der Waals surface area contributed by atoms with Gasteiger partial charge in [0.2, 0.25) is 0 Å². The van der Waals surface area contributed by atoms with Gasteiger partial charge >= 0.3 is 11.9 Å². The molecule has 0 bridgehead atoms. The molecule has 2 heterocycles. The molecule has 0 saturated carbocycles. The van der Waals surface area contributed by atoms with Gasteiger partial charge in [-0.1, -0.05) is 36.4 Å². The molecule has 1 amide bonds. The summed E-state index contributed by atoms with van der Waals surface area (Å²) in [7, 11) is 1.55. The molecule has 2 unspecified atom stereocenters. The molecule has 6 aromatic rings. The number of aromatic carboxylic acids is 1. The summed E-state index contributed by atoms with van der Waals surface area (Å²) in [6.07, 6.45) is 0.880. The number of carboxylic acids is 1. The second kappa shape index (κ2) is 17.1. The minimum absolute atomic E-state index is 0.0683. The summed E-state index contributed by atoms with van der Waals surface area (Å²) < 4.78 is 34.6. The lowest BCUT2D eigenvalue weighted by Crippen LogP contribution is -2.34. The molecule has 6 rings (SSSR count). The Bertz CT molecular complexity index is 2340. The van der Waals surface area contributed by atoms with Crippen molar-refractivity contribution in [3.63, 3.8) is 0 Å². The van der Waals surface area contributed by atoms with E-state index in [1.807, 2.05) is 0 Å². The van der Waals surface area contributed by atoms with Crippen molar-refractivity contribution in [3.05, 3.63) is 142 Å². The number of benzene rings is 4. The number of nitrogens with two attached hydrogens (primary N) is 1.